The van der Waals surface area contributed by atoms with Crippen LogP contribution in [0.4, 0.5) is 0 Å². The first kappa shape index (κ1) is 20.6. The molecule has 8 N–H and O–H groups in total. The minimum Gasteiger partial charge on any atom is -0.478 e. The Balaban J connectivity index is 5.41. The van der Waals surface area contributed by atoms with E-state index in [4.69, 9.17) is 30.4 Å². The van der Waals surface area contributed by atoms with E-state index < -0.39 is 45.9 Å². The van der Waals surface area contributed by atoms with Gasteiger partial charge < -0.3 is 35.5 Å². The molecule has 0 aromatic heterocycles. The van der Waals surface area contributed by atoms with Crippen LogP contribution in [-0.2, 0) is 13.9 Å². The van der Waals surface area contributed by atoms with Crippen molar-refractivity contribution in [2.75, 3.05) is 19.1 Å². The van der Waals surface area contributed by atoms with Gasteiger partial charge in [-0.25, -0.2) is 9.69 Å². The van der Waals surface area contributed by atoms with E-state index in [0.717, 1.165) is 0 Å². The molecule has 0 bridgehead atoms. The molecule has 0 radical (unpaired) electrons. The Hall–Kier alpha value is -0.350. The molecule has 0 aliphatic carbocycles. The third kappa shape index (κ3) is 8.01. The van der Waals surface area contributed by atoms with E-state index in [1.54, 1.807) is 0 Å². The molecule has 1 atom stereocenters. The van der Waals surface area contributed by atoms with Crippen molar-refractivity contribution in [2.24, 2.45) is 5.73 Å². The molecule has 0 saturated heterocycles. The van der Waals surface area contributed by atoms with Crippen LogP contribution in [0.5, 0.6) is 0 Å². The lowest BCUT2D eigenvalue weighted by Gasteiger charge is -2.36. The standard InChI is InChI=1S/C8H20N2O9P2/c9-4-2-1-3-8(13,7(11)12)10(5-20(14,15)16)6-21(17,18)19/h13H,1-6,9H2,(H,11,12)(H2,14,15,16)(H2,17,18,19)/t8-/m1/s1. The first-order chi connectivity index (χ1) is 9.32. The first-order valence-electron chi connectivity index (χ1n) is 5.82. The second kappa shape index (κ2) is 7.77. The van der Waals surface area contributed by atoms with Crippen molar-refractivity contribution < 1.29 is 43.7 Å². The van der Waals surface area contributed by atoms with Gasteiger partial charge in [0.15, 0.2) is 0 Å². The van der Waals surface area contributed by atoms with Crippen LogP contribution in [0.2, 0.25) is 0 Å². The molecule has 0 aliphatic rings. The largest absolute Gasteiger partial charge is 0.478 e. The number of carbonyl (C=O) groups is 1. The van der Waals surface area contributed by atoms with Gasteiger partial charge in [0.05, 0.1) is 0 Å². The quantitative estimate of drug-likeness (QED) is 0.137. The molecule has 0 saturated carbocycles. The average Bonchev–Trinajstić information content (AvgIpc) is 2.24. The van der Waals surface area contributed by atoms with Gasteiger partial charge in [0.25, 0.3) is 0 Å². The van der Waals surface area contributed by atoms with E-state index in [1.807, 2.05) is 0 Å². The van der Waals surface area contributed by atoms with Gasteiger partial charge in [-0.2, -0.15) is 0 Å². The number of aliphatic carboxylic acids is 1. The van der Waals surface area contributed by atoms with E-state index in [9.17, 15) is 19.0 Å². The number of unbranched alkanes of at least 4 members (excludes halogenated alkanes) is 1. The van der Waals surface area contributed by atoms with E-state index in [1.165, 1.54) is 0 Å². The Bertz CT molecular complexity index is 423. The fourth-order valence-corrected chi connectivity index (χ4v) is 3.35. The van der Waals surface area contributed by atoms with Crippen molar-refractivity contribution in [1.82, 2.24) is 4.90 Å². The second-order valence-corrected chi connectivity index (χ2v) is 7.74. The predicted octanol–water partition coefficient (Wildman–Crippen LogP) is -1.54. The molecule has 0 fully saturated rings. The summed E-state index contributed by atoms with van der Waals surface area (Å²) in [6.07, 6.45) is -2.67. The van der Waals surface area contributed by atoms with Crippen molar-refractivity contribution in [3.8, 4) is 0 Å². The lowest BCUT2D eigenvalue weighted by molar-refractivity contribution is -0.181. The molecule has 126 valence electrons. The molecule has 0 heterocycles. The fraction of sp³-hybridized carbons (Fsp3) is 0.875. The minimum absolute atomic E-state index is 0.0954. The summed E-state index contributed by atoms with van der Waals surface area (Å²) in [4.78, 5) is 47.0. The number of nitrogens with two attached hydrogens (primary N) is 1. The lowest BCUT2D eigenvalue weighted by atomic mass is 10.0. The predicted molar refractivity (Wildman–Crippen MR) is 71.2 cm³/mol. The molecule has 0 aromatic rings. The van der Waals surface area contributed by atoms with Crippen molar-refractivity contribution in [2.45, 2.75) is 25.0 Å². The van der Waals surface area contributed by atoms with Crippen molar-refractivity contribution >= 4 is 21.2 Å². The lowest BCUT2D eigenvalue weighted by Crippen LogP contribution is -2.55. The van der Waals surface area contributed by atoms with Gasteiger partial charge in [-0.05, 0) is 19.4 Å². The van der Waals surface area contributed by atoms with Gasteiger partial charge in [0, 0.05) is 6.42 Å². The fourth-order valence-electron chi connectivity index (χ4n) is 1.64. The highest BCUT2D eigenvalue weighted by atomic mass is 31.2. The van der Waals surface area contributed by atoms with Crippen LogP contribution >= 0.6 is 15.2 Å². The molecule has 0 amide bonds. The maximum Gasteiger partial charge on any atom is 0.351 e. The molecule has 0 spiro atoms. The Labute approximate surface area is 120 Å². The summed E-state index contributed by atoms with van der Waals surface area (Å²) in [5.74, 6) is -1.86. The van der Waals surface area contributed by atoms with Crippen molar-refractivity contribution in [3.63, 3.8) is 0 Å². The van der Waals surface area contributed by atoms with Crippen molar-refractivity contribution in [1.29, 1.82) is 0 Å². The summed E-state index contributed by atoms with van der Waals surface area (Å²) in [5.41, 5.74) is 2.41. The zero-order chi connectivity index (χ0) is 16.9. The Kier molecular flexibility index (Phi) is 7.64. The van der Waals surface area contributed by atoms with E-state index in [2.05, 4.69) is 0 Å². The minimum atomic E-state index is -4.85. The molecular formula is C8H20N2O9P2. The number of hydrogen-bond acceptors (Lipinski definition) is 6. The summed E-state index contributed by atoms with van der Waals surface area (Å²) in [6.45, 7) is 0.201. The summed E-state index contributed by atoms with van der Waals surface area (Å²) in [5, 5.41) is 19.2. The number of carboxylic acid groups (broad SMARTS) is 1. The third-order valence-electron chi connectivity index (χ3n) is 2.56. The zero-order valence-electron chi connectivity index (χ0n) is 11.1. The first-order valence-corrected chi connectivity index (χ1v) is 9.41. The third-order valence-corrected chi connectivity index (χ3v) is 3.97. The molecule has 11 nitrogen and oxygen atoms in total. The highest BCUT2D eigenvalue weighted by molar-refractivity contribution is 7.52. The topological polar surface area (TPSA) is 202 Å². The smallest absolute Gasteiger partial charge is 0.351 e. The van der Waals surface area contributed by atoms with E-state index in [-0.39, 0.29) is 17.9 Å². The Morgan fingerprint density at radius 1 is 1.05 bits per heavy atom. The maximum atomic E-state index is 11.2. The maximum absolute atomic E-state index is 11.2. The average molecular weight is 350 g/mol. The highest BCUT2D eigenvalue weighted by Crippen LogP contribution is 2.44. The molecule has 0 aromatic carbocycles. The Morgan fingerprint density at radius 2 is 1.48 bits per heavy atom. The number of carboxylic acids is 1. The molecule has 0 aliphatic heterocycles. The van der Waals surface area contributed by atoms with Crippen LogP contribution in [0.1, 0.15) is 19.3 Å². The number of hydrogen-bond donors (Lipinski definition) is 7. The van der Waals surface area contributed by atoms with Crippen molar-refractivity contribution in [3.05, 3.63) is 0 Å². The van der Waals surface area contributed by atoms with Crippen LogP contribution in [0, 0.1) is 0 Å². The zero-order valence-corrected chi connectivity index (χ0v) is 12.9. The SMILES string of the molecule is NCCCC[C@@](O)(C(=O)O)N(CP(=O)(O)O)CP(=O)(O)O. The summed E-state index contributed by atoms with van der Waals surface area (Å²) in [6, 6.07) is 0. The molecule has 0 unspecified atom stereocenters. The molecule has 21 heavy (non-hydrogen) atoms. The van der Waals surface area contributed by atoms with Crippen LogP contribution in [0.3, 0.4) is 0 Å². The normalized spacial score (nSPS) is 16.0. The van der Waals surface area contributed by atoms with E-state index >= 15 is 0 Å². The van der Waals surface area contributed by atoms with Crippen LogP contribution in [0.25, 0.3) is 0 Å². The Morgan fingerprint density at radius 3 is 1.76 bits per heavy atom. The van der Waals surface area contributed by atoms with E-state index in [0.29, 0.717) is 6.42 Å². The van der Waals surface area contributed by atoms with Gasteiger partial charge in [-0.3, -0.25) is 9.13 Å². The van der Waals surface area contributed by atoms with Gasteiger partial charge >= 0.3 is 21.2 Å². The summed E-state index contributed by atoms with van der Waals surface area (Å²) >= 11 is 0. The van der Waals surface area contributed by atoms with Crippen LogP contribution < -0.4 is 5.73 Å². The van der Waals surface area contributed by atoms with Crippen LogP contribution in [0.15, 0.2) is 0 Å². The highest BCUT2D eigenvalue weighted by Gasteiger charge is 2.46. The molecule has 13 heteroatoms. The van der Waals surface area contributed by atoms with Gasteiger partial charge in [0.1, 0.15) is 12.6 Å². The number of aliphatic hydroxyl groups is 1. The molecule has 0 rings (SSSR count). The second-order valence-electron chi connectivity index (χ2n) is 4.52. The van der Waals surface area contributed by atoms with Crippen LogP contribution in [-0.4, -0.2) is 65.5 Å². The summed E-state index contributed by atoms with van der Waals surface area (Å²) in [7, 11) is -9.70. The number of nitrogens with zero attached hydrogens (tertiary/aromatic N) is 1. The number of rotatable bonds is 10. The monoisotopic (exact) mass is 350 g/mol. The summed E-state index contributed by atoms with van der Waals surface area (Å²) < 4.78 is 22.0. The van der Waals surface area contributed by atoms with Gasteiger partial charge in [-0.1, -0.05) is 0 Å². The van der Waals surface area contributed by atoms with Gasteiger partial charge in [-0.15, -0.1) is 0 Å². The molecular weight excluding hydrogens is 330 g/mol. The van der Waals surface area contributed by atoms with Gasteiger partial charge in [0.2, 0.25) is 5.72 Å².